The van der Waals surface area contributed by atoms with Gasteiger partial charge in [0.15, 0.2) is 0 Å². The lowest BCUT2D eigenvalue weighted by Gasteiger charge is -2.39. The van der Waals surface area contributed by atoms with Gasteiger partial charge in [0.2, 0.25) is 0 Å². The number of hydrogen-bond donors (Lipinski definition) is 3. The largest absolute Gasteiger partial charge is 0.508 e. The first-order valence-corrected chi connectivity index (χ1v) is 10.4. The van der Waals surface area contributed by atoms with Gasteiger partial charge in [-0.05, 0) is 63.4 Å². The van der Waals surface area contributed by atoms with Crippen molar-refractivity contribution in [3.05, 3.63) is 107 Å². The lowest BCUT2D eigenvalue weighted by molar-refractivity contribution is 0.473. The molecule has 1 aliphatic carbocycles. The molecule has 30 heavy (non-hydrogen) atoms. The van der Waals surface area contributed by atoms with Crippen molar-refractivity contribution in [3.63, 3.8) is 0 Å². The molecule has 2 N–H and O–H groups in total. The molecule has 0 aliphatic heterocycles. The molecule has 4 aromatic rings. The molecule has 0 radical (unpaired) electrons. The topological polar surface area (TPSA) is 40.5 Å². The quantitative estimate of drug-likeness (QED) is 0.331. The Bertz CT molecular complexity index is 1290. The molecule has 3 heteroatoms. The molecular formula is C27H22O2S. The van der Waals surface area contributed by atoms with Crippen molar-refractivity contribution in [2.45, 2.75) is 23.2 Å². The van der Waals surface area contributed by atoms with Gasteiger partial charge >= 0.3 is 0 Å². The average molecular weight is 411 g/mol. The van der Waals surface area contributed by atoms with Gasteiger partial charge in [0.1, 0.15) is 11.5 Å². The van der Waals surface area contributed by atoms with Crippen LogP contribution in [0.4, 0.5) is 0 Å². The molecule has 2 atom stereocenters. The minimum absolute atomic E-state index is 0.0702. The number of thiol groups is 1. The molecule has 148 valence electrons. The van der Waals surface area contributed by atoms with Crippen LogP contribution in [0.3, 0.4) is 0 Å². The van der Waals surface area contributed by atoms with E-state index in [-0.39, 0.29) is 17.4 Å². The van der Waals surface area contributed by atoms with Gasteiger partial charge in [-0.2, -0.15) is 0 Å². The minimum Gasteiger partial charge on any atom is -0.508 e. The fraction of sp³-hybridized carbons (Fsp3) is 0.111. The first-order chi connectivity index (χ1) is 14.5. The lowest BCUT2D eigenvalue weighted by atomic mass is 9.64. The Morgan fingerprint density at radius 3 is 2.37 bits per heavy atom. The van der Waals surface area contributed by atoms with Crippen LogP contribution in [0.5, 0.6) is 11.5 Å². The predicted octanol–water partition coefficient (Wildman–Crippen LogP) is 6.66. The second-order valence-corrected chi connectivity index (χ2v) is 8.57. The third kappa shape index (κ3) is 2.81. The molecule has 0 spiro atoms. The number of hydrogen-bond acceptors (Lipinski definition) is 3. The number of phenols is 2. The van der Waals surface area contributed by atoms with Gasteiger partial charge < -0.3 is 10.2 Å². The number of rotatable bonds is 3. The number of benzene rings is 4. The van der Waals surface area contributed by atoms with Crippen molar-refractivity contribution < 1.29 is 10.2 Å². The van der Waals surface area contributed by atoms with Crippen molar-refractivity contribution in [2.75, 3.05) is 0 Å². The van der Waals surface area contributed by atoms with E-state index in [0.29, 0.717) is 0 Å². The summed E-state index contributed by atoms with van der Waals surface area (Å²) in [6.45, 7) is 2.26. The predicted molar refractivity (Wildman–Crippen MR) is 126 cm³/mol. The number of aromatic hydroxyl groups is 2. The van der Waals surface area contributed by atoms with E-state index < -0.39 is 5.41 Å². The van der Waals surface area contributed by atoms with Gasteiger partial charge in [-0.1, -0.05) is 67.6 Å². The standard InChI is InChI=1S/C27H22O2S/c1-27(19-5-3-2-4-6-19,24-13-7-17-15-20(28)9-11-22(17)24)26-23-12-10-21(29)16-18(23)8-14-25(26)30/h2-16,24,28-30H,1H3. The summed E-state index contributed by atoms with van der Waals surface area (Å²) in [6, 6.07) is 25.6. The molecule has 0 saturated heterocycles. The van der Waals surface area contributed by atoms with Gasteiger partial charge in [0.25, 0.3) is 0 Å². The zero-order valence-electron chi connectivity index (χ0n) is 16.6. The molecule has 4 aromatic carbocycles. The molecule has 0 saturated carbocycles. The van der Waals surface area contributed by atoms with Crippen LogP contribution in [0.1, 0.15) is 35.1 Å². The Balaban J connectivity index is 1.84. The van der Waals surface area contributed by atoms with Crippen LogP contribution in [0.2, 0.25) is 0 Å². The van der Waals surface area contributed by atoms with Crippen molar-refractivity contribution in [1.82, 2.24) is 0 Å². The molecule has 0 amide bonds. The van der Waals surface area contributed by atoms with E-state index in [0.717, 1.165) is 26.8 Å². The summed E-state index contributed by atoms with van der Waals surface area (Å²) in [5, 5.41) is 22.0. The zero-order valence-corrected chi connectivity index (χ0v) is 17.5. The highest BCUT2D eigenvalue weighted by molar-refractivity contribution is 7.80. The average Bonchev–Trinajstić information content (AvgIpc) is 3.17. The maximum absolute atomic E-state index is 10.0. The highest BCUT2D eigenvalue weighted by atomic mass is 32.1. The minimum atomic E-state index is -0.409. The summed E-state index contributed by atoms with van der Waals surface area (Å²) < 4.78 is 0. The van der Waals surface area contributed by atoms with Crippen LogP contribution in [0.15, 0.2) is 89.8 Å². The SMILES string of the molecule is CC(c1ccccc1)(c1c(S)ccc2cc(O)ccc12)C1C=Cc2cc(O)ccc21. The Morgan fingerprint density at radius 1 is 0.833 bits per heavy atom. The van der Waals surface area contributed by atoms with Gasteiger partial charge in [-0.3, -0.25) is 0 Å². The maximum atomic E-state index is 10.0. The van der Waals surface area contributed by atoms with Crippen LogP contribution >= 0.6 is 12.6 Å². The van der Waals surface area contributed by atoms with Crippen LogP contribution < -0.4 is 0 Å². The maximum Gasteiger partial charge on any atom is 0.116 e. The van der Waals surface area contributed by atoms with Gasteiger partial charge in [-0.15, -0.1) is 12.6 Å². The van der Waals surface area contributed by atoms with Crippen LogP contribution in [0.25, 0.3) is 16.8 Å². The highest BCUT2D eigenvalue weighted by Gasteiger charge is 2.41. The second kappa shape index (κ2) is 6.96. The third-order valence-electron chi connectivity index (χ3n) is 6.37. The van der Waals surface area contributed by atoms with Crippen molar-refractivity contribution in [1.29, 1.82) is 0 Å². The van der Waals surface area contributed by atoms with E-state index in [4.69, 9.17) is 12.6 Å². The molecule has 2 unspecified atom stereocenters. The number of phenolic OH excluding ortho intramolecular Hbond substituents is 2. The van der Waals surface area contributed by atoms with E-state index in [2.05, 4.69) is 43.3 Å². The summed E-state index contributed by atoms with van der Waals surface area (Å²) in [5.74, 6) is 0.597. The first-order valence-electron chi connectivity index (χ1n) is 10.0. The van der Waals surface area contributed by atoms with Crippen LogP contribution in [0, 0.1) is 0 Å². The summed E-state index contributed by atoms with van der Waals surface area (Å²) >= 11 is 4.90. The molecule has 2 nitrogen and oxygen atoms in total. The number of allylic oxidation sites excluding steroid dienone is 1. The molecule has 0 bridgehead atoms. The van der Waals surface area contributed by atoms with E-state index in [1.807, 2.05) is 36.4 Å². The normalized spacial score (nSPS) is 17.1. The van der Waals surface area contributed by atoms with Gasteiger partial charge in [0.05, 0.1) is 0 Å². The molecular weight excluding hydrogens is 388 g/mol. The smallest absolute Gasteiger partial charge is 0.116 e. The molecule has 0 fully saturated rings. The second-order valence-electron chi connectivity index (χ2n) is 8.08. The number of fused-ring (bicyclic) bond motifs is 2. The fourth-order valence-corrected chi connectivity index (χ4v) is 5.34. The summed E-state index contributed by atoms with van der Waals surface area (Å²) in [6.07, 6.45) is 4.32. The zero-order chi connectivity index (χ0) is 20.9. The summed E-state index contributed by atoms with van der Waals surface area (Å²) in [5.41, 5.74) is 4.14. The van der Waals surface area contributed by atoms with Gasteiger partial charge in [-0.25, -0.2) is 0 Å². The van der Waals surface area contributed by atoms with Crippen molar-refractivity contribution >= 4 is 29.5 Å². The Morgan fingerprint density at radius 2 is 1.57 bits per heavy atom. The van der Waals surface area contributed by atoms with E-state index >= 15 is 0 Å². The highest BCUT2D eigenvalue weighted by Crippen LogP contribution is 2.52. The summed E-state index contributed by atoms with van der Waals surface area (Å²) in [7, 11) is 0. The van der Waals surface area contributed by atoms with Crippen molar-refractivity contribution in [3.8, 4) is 11.5 Å². The third-order valence-corrected chi connectivity index (χ3v) is 6.74. The van der Waals surface area contributed by atoms with E-state index in [1.54, 1.807) is 18.2 Å². The summed E-state index contributed by atoms with van der Waals surface area (Å²) in [4.78, 5) is 0.917. The van der Waals surface area contributed by atoms with Crippen LogP contribution in [-0.2, 0) is 5.41 Å². The Kier molecular flexibility index (Phi) is 4.37. The first kappa shape index (κ1) is 18.8. The molecule has 0 heterocycles. The van der Waals surface area contributed by atoms with Gasteiger partial charge in [0, 0.05) is 16.2 Å². The van der Waals surface area contributed by atoms with E-state index in [9.17, 15) is 10.2 Å². The lowest BCUT2D eigenvalue weighted by Crippen LogP contribution is -2.31. The fourth-order valence-electron chi connectivity index (χ4n) is 4.91. The Hall–Kier alpha value is -3.17. The molecule has 5 rings (SSSR count). The van der Waals surface area contributed by atoms with Crippen molar-refractivity contribution in [2.24, 2.45) is 0 Å². The molecule has 0 aromatic heterocycles. The monoisotopic (exact) mass is 410 g/mol. The van der Waals surface area contributed by atoms with E-state index in [1.165, 1.54) is 11.1 Å². The van der Waals surface area contributed by atoms with Crippen LogP contribution in [-0.4, -0.2) is 10.2 Å². The molecule has 1 aliphatic rings. The Labute approximate surface area is 181 Å².